The highest BCUT2D eigenvalue weighted by Crippen LogP contribution is 2.30. The van der Waals surface area contributed by atoms with E-state index in [1.165, 1.54) is 58.1 Å². The summed E-state index contributed by atoms with van der Waals surface area (Å²) in [5.41, 5.74) is 0.981. The van der Waals surface area contributed by atoms with Crippen LogP contribution in [0.15, 0.2) is 67.0 Å². The van der Waals surface area contributed by atoms with Crippen LogP contribution >= 0.6 is 0 Å². The number of pyridine rings is 1. The van der Waals surface area contributed by atoms with Crippen molar-refractivity contribution in [2.75, 3.05) is 59.4 Å². The molecule has 2 fully saturated rings. The third kappa shape index (κ3) is 8.33. The van der Waals surface area contributed by atoms with Crippen molar-refractivity contribution in [2.45, 2.75) is 26.8 Å². The van der Waals surface area contributed by atoms with E-state index >= 15 is 4.39 Å². The molecule has 2 aromatic heterocycles. The quantitative estimate of drug-likeness (QED) is 0.219. The van der Waals surface area contributed by atoms with Crippen molar-refractivity contribution in [3.05, 3.63) is 84.2 Å². The van der Waals surface area contributed by atoms with Crippen molar-refractivity contribution < 1.29 is 36.3 Å². The number of imide groups is 1. The molecule has 2 N–H and O–H groups in total. The van der Waals surface area contributed by atoms with Crippen LogP contribution in [-0.4, -0.2) is 95.4 Å². The summed E-state index contributed by atoms with van der Waals surface area (Å²) >= 11 is 0. The van der Waals surface area contributed by atoms with E-state index in [1.54, 1.807) is 20.0 Å². The zero-order chi connectivity index (χ0) is 38.0. The predicted molar refractivity (Wildman–Crippen MR) is 193 cm³/mol. The van der Waals surface area contributed by atoms with Crippen molar-refractivity contribution >= 4 is 56.8 Å². The zero-order valence-corrected chi connectivity index (χ0v) is 30.1. The summed E-state index contributed by atoms with van der Waals surface area (Å²) in [6.07, 6.45) is 4.29. The summed E-state index contributed by atoms with van der Waals surface area (Å²) in [6.45, 7) is 6.75. The Balaban J connectivity index is 1.11. The van der Waals surface area contributed by atoms with Crippen LogP contribution in [0.4, 0.5) is 42.5 Å². The summed E-state index contributed by atoms with van der Waals surface area (Å²) in [7, 11) is -3.28. The molecule has 1 atom stereocenters. The number of carbonyl (C=O) groups excluding carboxylic acids is 3. The molecule has 2 aliphatic rings. The van der Waals surface area contributed by atoms with Crippen LogP contribution in [0.3, 0.4) is 0 Å². The number of amides is 4. The molecule has 1 unspecified atom stereocenters. The van der Waals surface area contributed by atoms with Gasteiger partial charge in [-0.25, -0.2) is 36.9 Å². The lowest BCUT2D eigenvalue weighted by Gasteiger charge is -2.39. The molecule has 0 radical (unpaired) electrons. The number of ether oxygens (including phenoxy) is 1. The number of hydrogen-bond acceptors (Lipinski definition) is 11. The monoisotopic (exact) mass is 749 g/mol. The summed E-state index contributed by atoms with van der Waals surface area (Å²) < 4.78 is 59.9. The smallest absolute Gasteiger partial charge is 0.331 e. The predicted octanol–water partition coefficient (Wildman–Crippen LogP) is 4.51. The van der Waals surface area contributed by atoms with Gasteiger partial charge in [0.1, 0.15) is 29.1 Å². The van der Waals surface area contributed by atoms with Gasteiger partial charge < -0.3 is 25.2 Å². The number of carbonyl (C=O) groups is 3. The molecule has 0 bridgehead atoms. The molecule has 18 heteroatoms. The molecule has 0 spiro atoms. The van der Waals surface area contributed by atoms with E-state index in [0.29, 0.717) is 37.8 Å². The van der Waals surface area contributed by atoms with Gasteiger partial charge in [-0.1, -0.05) is 0 Å². The molecule has 4 heterocycles. The second-order valence-corrected chi connectivity index (χ2v) is 14.8. The van der Waals surface area contributed by atoms with E-state index in [-0.39, 0.29) is 41.4 Å². The fourth-order valence-electron chi connectivity index (χ4n) is 5.91. The summed E-state index contributed by atoms with van der Waals surface area (Å²) in [5.74, 6) is -2.95. The highest BCUT2D eigenvalue weighted by molar-refractivity contribution is 7.88. The maximum absolute atomic E-state index is 15.3. The van der Waals surface area contributed by atoms with Crippen molar-refractivity contribution in [2.24, 2.45) is 5.92 Å². The number of rotatable bonds is 10. The first-order valence-electron chi connectivity index (χ1n) is 16.6. The summed E-state index contributed by atoms with van der Waals surface area (Å²) in [4.78, 5) is 57.4. The maximum Gasteiger partial charge on any atom is 0.331 e. The number of nitrogens with zero attached hydrogens (tertiary/aromatic N) is 7. The van der Waals surface area contributed by atoms with Crippen molar-refractivity contribution in [3.63, 3.8) is 0 Å². The van der Waals surface area contributed by atoms with Crippen molar-refractivity contribution in [1.29, 1.82) is 0 Å². The Bertz CT molecular complexity index is 2150. The summed E-state index contributed by atoms with van der Waals surface area (Å²) in [6, 6.07) is 10.6. The second kappa shape index (κ2) is 15.1. The van der Waals surface area contributed by atoms with Crippen LogP contribution in [0, 0.1) is 24.5 Å². The fourth-order valence-corrected chi connectivity index (χ4v) is 6.73. The lowest BCUT2D eigenvalue weighted by Crippen LogP contribution is -2.61. The largest absolute Gasteiger partial charge is 0.454 e. The normalized spacial score (nSPS) is 17.0. The van der Waals surface area contributed by atoms with Crippen molar-refractivity contribution in [3.8, 4) is 11.5 Å². The van der Waals surface area contributed by atoms with E-state index < -0.39 is 45.4 Å². The molecule has 53 heavy (non-hydrogen) atoms. The minimum Gasteiger partial charge on any atom is -0.454 e. The number of piperazine rings is 1. The number of benzene rings is 2. The van der Waals surface area contributed by atoms with E-state index in [2.05, 4.69) is 25.6 Å². The van der Waals surface area contributed by atoms with E-state index in [9.17, 15) is 27.2 Å². The number of aromatic nitrogens is 3. The number of aryl methyl sites for hydroxylation is 1. The Labute approximate surface area is 304 Å². The first kappa shape index (κ1) is 37.0. The van der Waals surface area contributed by atoms with Gasteiger partial charge >= 0.3 is 6.03 Å². The molecule has 278 valence electrons. The molecule has 0 aliphatic carbocycles. The average Bonchev–Trinajstić information content (AvgIpc) is 3.11. The van der Waals surface area contributed by atoms with E-state index in [0.717, 1.165) is 28.7 Å². The molecule has 2 aromatic carbocycles. The van der Waals surface area contributed by atoms with Crippen LogP contribution in [0.1, 0.15) is 19.4 Å². The van der Waals surface area contributed by atoms with Crippen LogP contribution in [-0.2, 0) is 19.6 Å². The highest BCUT2D eigenvalue weighted by atomic mass is 32.2. The first-order chi connectivity index (χ1) is 25.2. The standard InChI is InChI=1S/C35H37F2N9O6S/c1-21(2)45-20-27(33(48)46(35(45)49)25-8-5-23(36)6-9-25)32(47)40-24-7-10-29(28(37)17-24)52-26-11-12-38-30(18-26)41-34-39-19-22(3)31(42-34)43-13-15-44(16-14-43)53(4,50)51/h5-12,17-19,21,27H,13-16,20H2,1-4H3,(H,40,47)(H,38,39,41,42). The highest BCUT2D eigenvalue weighted by Gasteiger charge is 2.44. The van der Waals surface area contributed by atoms with Crippen LogP contribution < -0.4 is 25.2 Å². The van der Waals surface area contributed by atoms with Gasteiger partial charge in [0.25, 0.3) is 0 Å². The SMILES string of the molecule is Cc1cnc(Nc2cc(Oc3ccc(NC(=O)C4CN(C(C)C)C(=O)N(c5ccc(F)cc5)C4=O)cc3F)ccn2)nc1N1CCN(S(C)(=O)=O)CC1. The number of anilines is 5. The van der Waals surface area contributed by atoms with Gasteiger partial charge in [-0.15, -0.1) is 0 Å². The van der Waals surface area contributed by atoms with Crippen LogP contribution in [0.5, 0.6) is 11.5 Å². The molecular weight excluding hydrogens is 713 g/mol. The number of hydrogen-bond donors (Lipinski definition) is 2. The van der Waals surface area contributed by atoms with Gasteiger partial charge in [-0.2, -0.15) is 9.29 Å². The Hall–Kier alpha value is -5.75. The third-order valence-corrected chi connectivity index (χ3v) is 10.0. The minimum atomic E-state index is -3.28. The van der Waals surface area contributed by atoms with Gasteiger partial charge in [-0.05, 0) is 63.2 Å². The Morgan fingerprint density at radius 1 is 0.981 bits per heavy atom. The van der Waals surface area contributed by atoms with Gasteiger partial charge in [0, 0.05) is 74.5 Å². The third-order valence-electron chi connectivity index (χ3n) is 8.71. The zero-order valence-electron chi connectivity index (χ0n) is 29.3. The van der Waals surface area contributed by atoms with Crippen LogP contribution in [0.25, 0.3) is 0 Å². The van der Waals surface area contributed by atoms with Gasteiger partial charge in [0.15, 0.2) is 11.6 Å². The lowest BCUT2D eigenvalue weighted by atomic mass is 10.0. The minimum absolute atomic E-state index is 0.0520. The number of sulfonamides is 1. The number of nitrogens with one attached hydrogen (secondary N) is 2. The molecule has 2 saturated heterocycles. The molecule has 4 aromatic rings. The fraction of sp³-hybridized carbons (Fsp3) is 0.314. The molecule has 2 aliphatic heterocycles. The Morgan fingerprint density at radius 2 is 1.70 bits per heavy atom. The van der Waals surface area contributed by atoms with Gasteiger partial charge in [-0.3, -0.25) is 9.59 Å². The second-order valence-electron chi connectivity index (χ2n) is 12.8. The summed E-state index contributed by atoms with van der Waals surface area (Å²) in [5, 5.41) is 5.58. The maximum atomic E-state index is 15.3. The van der Waals surface area contributed by atoms with Crippen molar-refractivity contribution in [1.82, 2.24) is 24.2 Å². The van der Waals surface area contributed by atoms with E-state index in [4.69, 9.17) is 4.74 Å². The van der Waals surface area contributed by atoms with E-state index in [1.807, 2.05) is 11.8 Å². The van der Waals surface area contributed by atoms with Crippen LogP contribution in [0.2, 0.25) is 0 Å². The number of halogens is 2. The molecule has 15 nitrogen and oxygen atoms in total. The topological polar surface area (TPSA) is 170 Å². The Morgan fingerprint density at radius 3 is 2.36 bits per heavy atom. The Kier molecular flexibility index (Phi) is 10.5. The average molecular weight is 750 g/mol. The van der Waals surface area contributed by atoms with Gasteiger partial charge in [0.2, 0.25) is 27.8 Å². The first-order valence-corrected chi connectivity index (χ1v) is 18.5. The molecular formula is C35H37F2N9O6S. The number of urea groups is 1. The molecule has 0 saturated carbocycles. The molecule has 4 amide bonds. The van der Waals surface area contributed by atoms with Gasteiger partial charge in [0.05, 0.1) is 11.9 Å². The lowest BCUT2D eigenvalue weighted by molar-refractivity contribution is -0.132. The molecule has 6 rings (SSSR count).